The van der Waals surface area contributed by atoms with E-state index in [0.29, 0.717) is 13.2 Å². The van der Waals surface area contributed by atoms with Gasteiger partial charge in [-0.1, -0.05) is 38.2 Å². The lowest BCUT2D eigenvalue weighted by Gasteiger charge is -2.26. The van der Waals surface area contributed by atoms with E-state index in [4.69, 9.17) is 9.72 Å². The van der Waals surface area contributed by atoms with Gasteiger partial charge in [0.1, 0.15) is 4.88 Å². The van der Waals surface area contributed by atoms with Crippen molar-refractivity contribution in [2.45, 2.75) is 27.3 Å². The number of rotatable bonds is 7. The third-order valence-corrected chi connectivity index (χ3v) is 5.54. The Morgan fingerprint density at radius 2 is 2.04 bits per heavy atom. The van der Waals surface area contributed by atoms with Gasteiger partial charge in [0, 0.05) is 40.0 Å². The van der Waals surface area contributed by atoms with Crippen LogP contribution in [0.3, 0.4) is 0 Å². The number of carbonyl (C=O) groups excluding carboxylic acids is 1. The van der Waals surface area contributed by atoms with Crippen molar-refractivity contribution in [3.63, 3.8) is 0 Å². The summed E-state index contributed by atoms with van der Waals surface area (Å²) in [5.41, 5.74) is 3.29. The molecule has 0 saturated carbocycles. The smallest absolute Gasteiger partial charge is 0.265 e. The van der Waals surface area contributed by atoms with E-state index in [2.05, 4.69) is 50.9 Å². The molecule has 0 unspecified atom stereocenters. The molecule has 0 spiro atoms. The first kappa shape index (κ1) is 20.8. The topological polar surface area (TPSA) is 50.1 Å². The molecule has 0 atom stereocenters. The second kappa shape index (κ2) is 8.19. The van der Waals surface area contributed by atoms with Crippen LogP contribution >= 0.6 is 11.3 Å². The van der Waals surface area contributed by atoms with Gasteiger partial charge in [-0.05, 0) is 30.2 Å². The van der Waals surface area contributed by atoms with Crippen LogP contribution in [0, 0.1) is 5.41 Å². The Hall–Kier alpha value is -1.96. The molecule has 28 heavy (non-hydrogen) atoms. The van der Waals surface area contributed by atoms with Crippen molar-refractivity contribution in [3.8, 4) is 0 Å². The van der Waals surface area contributed by atoms with Crippen molar-refractivity contribution in [3.05, 3.63) is 34.8 Å². The summed E-state index contributed by atoms with van der Waals surface area (Å²) < 4.78 is 7.19. The molecular formula is C21H30N4O2S. The molecule has 7 heteroatoms. The molecule has 2 heterocycles. The average Bonchev–Trinajstić information content (AvgIpc) is 3.16. The SMILES string of the molecule is COCCN(C)Cc1ccc2nc3sc(C(=O)N(C)CC(C)(C)C)cn3c2c1. The molecule has 0 aliphatic rings. The zero-order valence-corrected chi connectivity index (χ0v) is 18.5. The zero-order chi connectivity index (χ0) is 20.5. The van der Waals surface area contributed by atoms with Crippen molar-refractivity contribution in [1.82, 2.24) is 19.2 Å². The van der Waals surface area contributed by atoms with Crippen LogP contribution in [0.2, 0.25) is 0 Å². The Morgan fingerprint density at radius 3 is 2.71 bits per heavy atom. The minimum Gasteiger partial charge on any atom is -0.383 e. The molecule has 6 nitrogen and oxygen atoms in total. The summed E-state index contributed by atoms with van der Waals surface area (Å²) in [5.74, 6) is 0.0500. The highest BCUT2D eigenvalue weighted by atomic mass is 32.1. The lowest BCUT2D eigenvalue weighted by atomic mass is 9.96. The first-order valence-corrected chi connectivity index (χ1v) is 10.3. The molecule has 1 aromatic carbocycles. The van der Waals surface area contributed by atoms with Crippen LogP contribution in [0.4, 0.5) is 0 Å². The molecule has 2 aromatic heterocycles. The van der Waals surface area contributed by atoms with Crippen molar-refractivity contribution in [2.24, 2.45) is 5.41 Å². The Labute approximate surface area is 170 Å². The minimum atomic E-state index is 0.0500. The van der Waals surface area contributed by atoms with Crippen LogP contribution in [0.25, 0.3) is 16.0 Å². The first-order valence-electron chi connectivity index (χ1n) is 9.51. The Kier molecular flexibility index (Phi) is 6.07. The number of hydrogen-bond acceptors (Lipinski definition) is 5. The molecule has 3 aromatic rings. The van der Waals surface area contributed by atoms with Crippen LogP contribution in [0.5, 0.6) is 0 Å². The number of hydrogen-bond donors (Lipinski definition) is 0. The van der Waals surface area contributed by atoms with Crippen molar-refractivity contribution < 1.29 is 9.53 Å². The fraction of sp³-hybridized carbons (Fsp3) is 0.524. The number of methoxy groups -OCH3 is 1. The molecule has 3 rings (SSSR count). The number of fused-ring (bicyclic) bond motifs is 3. The highest BCUT2D eigenvalue weighted by Gasteiger charge is 2.21. The summed E-state index contributed by atoms with van der Waals surface area (Å²) in [5, 5.41) is 0. The monoisotopic (exact) mass is 402 g/mol. The molecule has 0 radical (unpaired) electrons. The number of imidazole rings is 1. The maximum atomic E-state index is 12.8. The normalized spacial score (nSPS) is 12.4. The number of benzene rings is 1. The van der Waals surface area contributed by atoms with E-state index in [-0.39, 0.29) is 11.3 Å². The second-order valence-corrected chi connectivity index (χ2v) is 9.64. The zero-order valence-electron chi connectivity index (χ0n) is 17.7. The van der Waals surface area contributed by atoms with E-state index in [1.165, 1.54) is 16.9 Å². The van der Waals surface area contributed by atoms with Crippen LogP contribution in [0.15, 0.2) is 24.4 Å². The average molecular weight is 403 g/mol. The van der Waals surface area contributed by atoms with Gasteiger partial charge in [-0.2, -0.15) is 0 Å². The first-order chi connectivity index (χ1) is 13.2. The predicted octanol–water partition coefficient (Wildman–Crippen LogP) is 3.75. The predicted molar refractivity (Wildman–Crippen MR) is 115 cm³/mol. The van der Waals surface area contributed by atoms with Gasteiger partial charge in [0.2, 0.25) is 0 Å². The minimum absolute atomic E-state index is 0.0500. The van der Waals surface area contributed by atoms with Crippen molar-refractivity contribution >= 4 is 33.2 Å². The van der Waals surface area contributed by atoms with E-state index in [0.717, 1.165) is 34.0 Å². The number of likely N-dealkylation sites (N-methyl/N-ethyl adjacent to an activating group) is 1. The molecule has 1 amide bonds. The van der Waals surface area contributed by atoms with Gasteiger partial charge in [0.25, 0.3) is 5.91 Å². The van der Waals surface area contributed by atoms with Crippen LogP contribution < -0.4 is 0 Å². The highest BCUT2D eigenvalue weighted by Crippen LogP contribution is 2.26. The molecule has 0 aliphatic heterocycles. The number of aromatic nitrogens is 2. The Balaban J connectivity index is 1.85. The molecule has 0 fully saturated rings. The maximum Gasteiger partial charge on any atom is 0.265 e. The summed E-state index contributed by atoms with van der Waals surface area (Å²) in [7, 11) is 5.67. The van der Waals surface area contributed by atoms with Crippen LogP contribution in [0.1, 0.15) is 36.0 Å². The standard InChI is InChI=1S/C21H30N4O2S/c1-21(2,3)14-24(5)19(26)18-13-25-17-11-15(12-23(4)9-10-27-6)7-8-16(17)22-20(25)28-18/h7-8,11,13H,9-10,12,14H2,1-6H3. The Bertz CT molecular complexity index is 970. The second-order valence-electron chi connectivity index (χ2n) is 8.64. The largest absolute Gasteiger partial charge is 0.383 e. The number of carbonyl (C=O) groups is 1. The quantitative estimate of drug-likeness (QED) is 0.604. The summed E-state index contributed by atoms with van der Waals surface area (Å²) in [4.78, 5) is 23.1. The maximum absolute atomic E-state index is 12.8. The van der Waals surface area contributed by atoms with Gasteiger partial charge in [0.05, 0.1) is 17.6 Å². The lowest BCUT2D eigenvalue weighted by Crippen LogP contribution is -2.34. The number of ether oxygens (including phenoxy) is 1. The molecular weight excluding hydrogens is 372 g/mol. The molecule has 0 bridgehead atoms. The number of amides is 1. The highest BCUT2D eigenvalue weighted by molar-refractivity contribution is 7.18. The van der Waals surface area contributed by atoms with E-state index >= 15 is 0 Å². The molecule has 152 valence electrons. The summed E-state index contributed by atoms with van der Waals surface area (Å²) in [6.07, 6.45) is 1.93. The summed E-state index contributed by atoms with van der Waals surface area (Å²) in [6.45, 7) is 9.56. The van der Waals surface area contributed by atoms with Crippen LogP contribution in [-0.2, 0) is 11.3 Å². The van der Waals surface area contributed by atoms with Gasteiger partial charge >= 0.3 is 0 Å². The number of nitrogens with zero attached hydrogens (tertiary/aromatic N) is 4. The van der Waals surface area contributed by atoms with E-state index in [1.54, 1.807) is 12.0 Å². The third-order valence-electron chi connectivity index (χ3n) is 4.57. The van der Waals surface area contributed by atoms with Gasteiger partial charge in [-0.25, -0.2) is 4.98 Å². The summed E-state index contributed by atoms with van der Waals surface area (Å²) in [6, 6.07) is 6.34. The van der Waals surface area contributed by atoms with Crippen LogP contribution in [-0.4, -0.2) is 66.0 Å². The van der Waals surface area contributed by atoms with Crippen molar-refractivity contribution in [2.75, 3.05) is 40.9 Å². The lowest BCUT2D eigenvalue weighted by molar-refractivity contribution is 0.0750. The molecule has 0 aliphatic carbocycles. The molecule has 0 N–H and O–H groups in total. The number of thiazole rings is 1. The Morgan fingerprint density at radius 1 is 1.29 bits per heavy atom. The van der Waals surface area contributed by atoms with Gasteiger partial charge in [-0.3, -0.25) is 14.1 Å². The van der Waals surface area contributed by atoms with Gasteiger partial charge < -0.3 is 9.64 Å². The summed E-state index contributed by atoms with van der Waals surface area (Å²) >= 11 is 1.45. The van der Waals surface area contributed by atoms with E-state index < -0.39 is 0 Å². The molecule has 0 saturated heterocycles. The van der Waals surface area contributed by atoms with Gasteiger partial charge in [-0.15, -0.1) is 0 Å². The van der Waals surface area contributed by atoms with E-state index in [1.807, 2.05) is 17.6 Å². The fourth-order valence-electron chi connectivity index (χ4n) is 3.36. The van der Waals surface area contributed by atoms with E-state index in [9.17, 15) is 4.79 Å². The van der Waals surface area contributed by atoms with Gasteiger partial charge in [0.15, 0.2) is 4.96 Å². The fourth-order valence-corrected chi connectivity index (χ4v) is 4.35. The van der Waals surface area contributed by atoms with Crippen molar-refractivity contribution in [1.29, 1.82) is 0 Å². The third kappa shape index (κ3) is 4.71.